The lowest BCUT2D eigenvalue weighted by atomic mass is 10.1. The van der Waals surface area contributed by atoms with E-state index in [0.29, 0.717) is 6.61 Å². The SMILES string of the molecule is C=CCNCCOc1cccc(C)c1C. The maximum absolute atomic E-state index is 5.67. The van der Waals surface area contributed by atoms with Crippen molar-refractivity contribution in [3.05, 3.63) is 42.0 Å². The summed E-state index contributed by atoms with van der Waals surface area (Å²) in [4.78, 5) is 0. The first kappa shape index (κ1) is 11.8. The largest absolute Gasteiger partial charge is 0.492 e. The van der Waals surface area contributed by atoms with Crippen molar-refractivity contribution in [1.29, 1.82) is 0 Å². The number of aryl methyl sites for hydroxylation is 1. The topological polar surface area (TPSA) is 21.3 Å². The fourth-order valence-corrected chi connectivity index (χ4v) is 1.32. The Morgan fingerprint density at radius 2 is 2.20 bits per heavy atom. The molecule has 0 unspecified atom stereocenters. The molecule has 0 radical (unpaired) electrons. The highest BCUT2D eigenvalue weighted by atomic mass is 16.5. The van der Waals surface area contributed by atoms with Crippen LogP contribution in [0.2, 0.25) is 0 Å². The molecule has 82 valence electrons. The van der Waals surface area contributed by atoms with Crippen molar-refractivity contribution < 1.29 is 4.74 Å². The van der Waals surface area contributed by atoms with E-state index in [0.717, 1.165) is 18.8 Å². The smallest absolute Gasteiger partial charge is 0.122 e. The number of hydrogen-bond acceptors (Lipinski definition) is 2. The van der Waals surface area contributed by atoms with Gasteiger partial charge in [0.25, 0.3) is 0 Å². The standard InChI is InChI=1S/C13H19NO/c1-4-8-14-9-10-15-13-7-5-6-11(2)12(13)3/h4-7,14H,1,8-10H2,2-3H3. The summed E-state index contributed by atoms with van der Waals surface area (Å²) in [6, 6.07) is 6.13. The van der Waals surface area contributed by atoms with Crippen LogP contribution in [0.5, 0.6) is 5.75 Å². The minimum atomic E-state index is 0.693. The number of nitrogens with one attached hydrogen (secondary N) is 1. The molecule has 0 fully saturated rings. The highest BCUT2D eigenvalue weighted by Gasteiger charge is 2.00. The molecule has 1 N–H and O–H groups in total. The third-order valence-electron chi connectivity index (χ3n) is 2.38. The zero-order chi connectivity index (χ0) is 11.1. The van der Waals surface area contributed by atoms with Crippen molar-refractivity contribution >= 4 is 0 Å². The molecular formula is C13H19NO. The van der Waals surface area contributed by atoms with Crippen LogP contribution in [-0.4, -0.2) is 19.7 Å². The molecular weight excluding hydrogens is 186 g/mol. The summed E-state index contributed by atoms with van der Waals surface area (Å²) < 4.78 is 5.67. The molecule has 1 aromatic carbocycles. The molecule has 0 aliphatic rings. The lowest BCUT2D eigenvalue weighted by Gasteiger charge is -2.10. The highest BCUT2D eigenvalue weighted by molar-refractivity contribution is 5.38. The van der Waals surface area contributed by atoms with E-state index >= 15 is 0 Å². The Morgan fingerprint density at radius 3 is 2.93 bits per heavy atom. The third-order valence-corrected chi connectivity index (χ3v) is 2.38. The predicted molar refractivity (Wildman–Crippen MR) is 64.5 cm³/mol. The van der Waals surface area contributed by atoms with E-state index in [1.807, 2.05) is 18.2 Å². The van der Waals surface area contributed by atoms with Gasteiger partial charge < -0.3 is 10.1 Å². The van der Waals surface area contributed by atoms with E-state index < -0.39 is 0 Å². The van der Waals surface area contributed by atoms with Gasteiger partial charge in [-0.05, 0) is 31.0 Å². The third kappa shape index (κ3) is 3.76. The predicted octanol–water partition coefficient (Wildman–Crippen LogP) is 2.46. The summed E-state index contributed by atoms with van der Waals surface area (Å²) in [5.41, 5.74) is 2.49. The summed E-state index contributed by atoms with van der Waals surface area (Å²) in [5.74, 6) is 0.982. The van der Waals surface area contributed by atoms with E-state index in [1.165, 1.54) is 11.1 Å². The summed E-state index contributed by atoms with van der Waals surface area (Å²) >= 11 is 0. The van der Waals surface area contributed by atoms with Crippen molar-refractivity contribution in [2.45, 2.75) is 13.8 Å². The van der Waals surface area contributed by atoms with E-state index in [1.54, 1.807) is 0 Å². The van der Waals surface area contributed by atoms with Crippen molar-refractivity contribution in [3.8, 4) is 5.75 Å². The van der Waals surface area contributed by atoms with E-state index in [-0.39, 0.29) is 0 Å². The van der Waals surface area contributed by atoms with Gasteiger partial charge in [0.1, 0.15) is 12.4 Å². The number of ether oxygens (including phenoxy) is 1. The Hall–Kier alpha value is -1.28. The second-order valence-electron chi connectivity index (χ2n) is 3.54. The van der Waals surface area contributed by atoms with Gasteiger partial charge in [0.15, 0.2) is 0 Å². The van der Waals surface area contributed by atoms with Crippen LogP contribution in [-0.2, 0) is 0 Å². The molecule has 1 rings (SSSR count). The molecule has 0 aliphatic carbocycles. The first-order chi connectivity index (χ1) is 7.25. The minimum Gasteiger partial charge on any atom is -0.492 e. The van der Waals surface area contributed by atoms with Crippen LogP contribution in [0.15, 0.2) is 30.9 Å². The van der Waals surface area contributed by atoms with Crippen molar-refractivity contribution in [2.75, 3.05) is 19.7 Å². The lowest BCUT2D eigenvalue weighted by Crippen LogP contribution is -2.21. The average Bonchev–Trinajstić information content (AvgIpc) is 2.24. The molecule has 0 atom stereocenters. The average molecular weight is 205 g/mol. The lowest BCUT2D eigenvalue weighted by molar-refractivity contribution is 0.314. The quantitative estimate of drug-likeness (QED) is 0.569. The summed E-state index contributed by atoms with van der Waals surface area (Å²) in [6.07, 6.45) is 1.85. The van der Waals surface area contributed by atoms with Crippen LogP contribution in [0, 0.1) is 13.8 Å². The van der Waals surface area contributed by atoms with E-state index in [9.17, 15) is 0 Å². The van der Waals surface area contributed by atoms with Crippen LogP contribution in [0.4, 0.5) is 0 Å². The van der Waals surface area contributed by atoms with Crippen LogP contribution in [0.1, 0.15) is 11.1 Å². The first-order valence-electron chi connectivity index (χ1n) is 5.26. The molecule has 2 heteroatoms. The van der Waals surface area contributed by atoms with Crippen molar-refractivity contribution in [1.82, 2.24) is 5.32 Å². The molecule has 1 aromatic rings. The molecule has 2 nitrogen and oxygen atoms in total. The zero-order valence-electron chi connectivity index (χ0n) is 9.55. The summed E-state index contributed by atoms with van der Waals surface area (Å²) in [7, 11) is 0. The van der Waals surface area contributed by atoms with Gasteiger partial charge in [-0.3, -0.25) is 0 Å². The first-order valence-corrected chi connectivity index (χ1v) is 5.26. The second-order valence-corrected chi connectivity index (χ2v) is 3.54. The maximum Gasteiger partial charge on any atom is 0.122 e. The Labute approximate surface area is 92.0 Å². The molecule has 0 saturated carbocycles. The molecule has 0 saturated heterocycles. The van der Waals surface area contributed by atoms with Crippen LogP contribution in [0.25, 0.3) is 0 Å². The Balaban J connectivity index is 2.37. The molecule has 0 spiro atoms. The highest BCUT2D eigenvalue weighted by Crippen LogP contribution is 2.20. The Kier molecular flexibility index (Phi) is 4.91. The number of benzene rings is 1. The molecule has 15 heavy (non-hydrogen) atoms. The molecule has 0 aromatic heterocycles. The monoisotopic (exact) mass is 205 g/mol. The number of hydrogen-bond donors (Lipinski definition) is 1. The van der Waals surface area contributed by atoms with Gasteiger partial charge in [0.05, 0.1) is 0 Å². The van der Waals surface area contributed by atoms with Gasteiger partial charge in [-0.1, -0.05) is 18.2 Å². The molecule has 0 heterocycles. The van der Waals surface area contributed by atoms with Crippen LogP contribution < -0.4 is 10.1 Å². The van der Waals surface area contributed by atoms with Gasteiger partial charge in [0.2, 0.25) is 0 Å². The Bertz CT molecular complexity index is 320. The minimum absolute atomic E-state index is 0.693. The fraction of sp³-hybridized carbons (Fsp3) is 0.385. The Morgan fingerprint density at radius 1 is 1.40 bits per heavy atom. The van der Waals surface area contributed by atoms with Crippen molar-refractivity contribution in [3.63, 3.8) is 0 Å². The molecule has 0 aliphatic heterocycles. The zero-order valence-corrected chi connectivity index (χ0v) is 9.55. The van der Waals surface area contributed by atoms with E-state index in [4.69, 9.17) is 4.74 Å². The van der Waals surface area contributed by atoms with Gasteiger partial charge >= 0.3 is 0 Å². The molecule has 0 amide bonds. The summed E-state index contributed by atoms with van der Waals surface area (Å²) in [6.45, 7) is 10.2. The van der Waals surface area contributed by atoms with Gasteiger partial charge in [-0.25, -0.2) is 0 Å². The summed E-state index contributed by atoms with van der Waals surface area (Å²) in [5, 5.41) is 3.20. The van der Waals surface area contributed by atoms with Crippen LogP contribution in [0.3, 0.4) is 0 Å². The second kappa shape index (κ2) is 6.25. The van der Waals surface area contributed by atoms with Gasteiger partial charge in [-0.2, -0.15) is 0 Å². The number of rotatable bonds is 6. The van der Waals surface area contributed by atoms with Gasteiger partial charge in [-0.15, -0.1) is 6.58 Å². The van der Waals surface area contributed by atoms with E-state index in [2.05, 4.69) is 31.8 Å². The molecule has 0 bridgehead atoms. The van der Waals surface area contributed by atoms with Crippen molar-refractivity contribution in [2.24, 2.45) is 0 Å². The fourth-order valence-electron chi connectivity index (χ4n) is 1.32. The van der Waals surface area contributed by atoms with Gasteiger partial charge in [0, 0.05) is 13.1 Å². The van der Waals surface area contributed by atoms with Crippen LogP contribution >= 0.6 is 0 Å². The maximum atomic E-state index is 5.67. The normalized spacial score (nSPS) is 10.0.